The molecule has 1 heterocycles. The molecule has 2 aromatic carbocycles. The van der Waals surface area contributed by atoms with Gasteiger partial charge in [-0.25, -0.2) is 4.39 Å². The molecule has 0 radical (unpaired) electrons. The summed E-state index contributed by atoms with van der Waals surface area (Å²) in [5.74, 6) is 1.02. The normalized spacial score (nSPS) is 19.2. The molecule has 3 rings (SSSR count). The van der Waals surface area contributed by atoms with E-state index >= 15 is 0 Å². The number of ether oxygens (including phenoxy) is 1. The van der Waals surface area contributed by atoms with Gasteiger partial charge < -0.3 is 10.1 Å². The van der Waals surface area contributed by atoms with Crippen molar-refractivity contribution in [3.63, 3.8) is 0 Å². The zero-order chi connectivity index (χ0) is 17.2. The van der Waals surface area contributed by atoms with Gasteiger partial charge in [-0.05, 0) is 75.2 Å². The first kappa shape index (κ1) is 16.7. The summed E-state index contributed by atoms with van der Waals surface area (Å²) >= 11 is 0. The number of carbonyl (C=O) groups excluding carboxylic acids is 1. The largest absolute Gasteiger partial charge is 0.457 e. The van der Waals surface area contributed by atoms with Gasteiger partial charge in [0.15, 0.2) is 5.78 Å². The highest BCUT2D eigenvalue weighted by Gasteiger charge is 2.31. The molecule has 0 spiro atoms. The molecule has 3 nitrogen and oxygen atoms in total. The van der Waals surface area contributed by atoms with Crippen LogP contribution < -0.4 is 10.1 Å². The zero-order valence-corrected chi connectivity index (χ0v) is 14.0. The number of carbonyl (C=O) groups is 1. The van der Waals surface area contributed by atoms with Crippen LogP contribution in [0.15, 0.2) is 48.5 Å². The number of hydrogen-bond acceptors (Lipinski definition) is 3. The van der Waals surface area contributed by atoms with Crippen molar-refractivity contribution in [3.05, 3.63) is 59.9 Å². The maximum Gasteiger partial charge on any atom is 0.164 e. The van der Waals surface area contributed by atoms with E-state index in [1.54, 1.807) is 36.4 Å². The predicted octanol–water partition coefficient (Wildman–Crippen LogP) is 4.72. The molecule has 1 atom stereocenters. The molecule has 24 heavy (non-hydrogen) atoms. The van der Waals surface area contributed by atoms with Crippen molar-refractivity contribution in [2.45, 2.75) is 44.7 Å². The SMILES string of the molecule is CC1(C)CCC(CC(=O)c2ccc(Oc3ccc(F)cc3)cc2)N1. The molecule has 0 bridgehead atoms. The van der Waals surface area contributed by atoms with Gasteiger partial charge in [-0.2, -0.15) is 0 Å². The zero-order valence-electron chi connectivity index (χ0n) is 14.0. The highest BCUT2D eigenvalue weighted by Crippen LogP contribution is 2.26. The first-order chi connectivity index (χ1) is 11.4. The van der Waals surface area contributed by atoms with Crippen molar-refractivity contribution in [1.82, 2.24) is 5.32 Å². The number of halogens is 1. The number of hydrogen-bond donors (Lipinski definition) is 1. The van der Waals surface area contributed by atoms with E-state index in [4.69, 9.17) is 4.74 Å². The molecule has 0 saturated carbocycles. The summed E-state index contributed by atoms with van der Waals surface area (Å²) in [5.41, 5.74) is 0.811. The minimum atomic E-state index is -0.299. The second-order valence-corrected chi connectivity index (χ2v) is 6.97. The summed E-state index contributed by atoms with van der Waals surface area (Å²) in [7, 11) is 0. The lowest BCUT2D eigenvalue weighted by Gasteiger charge is -2.19. The average Bonchev–Trinajstić information content (AvgIpc) is 2.89. The van der Waals surface area contributed by atoms with Crippen molar-refractivity contribution < 1.29 is 13.9 Å². The van der Waals surface area contributed by atoms with Crippen LogP contribution in [-0.2, 0) is 0 Å². The molecule has 1 fully saturated rings. The van der Waals surface area contributed by atoms with Gasteiger partial charge >= 0.3 is 0 Å². The molecule has 0 aromatic heterocycles. The van der Waals surface area contributed by atoms with Gasteiger partial charge in [-0.15, -0.1) is 0 Å². The first-order valence-electron chi connectivity index (χ1n) is 8.26. The van der Waals surface area contributed by atoms with E-state index in [2.05, 4.69) is 19.2 Å². The van der Waals surface area contributed by atoms with E-state index in [1.165, 1.54) is 12.1 Å². The van der Waals surface area contributed by atoms with Crippen LogP contribution in [0.3, 0.4) is 0 Å². The third-order valence-corrected chi connectivity index (χ3v) is 4.37. The standard InChI is InChI=1S/C20H22FNO2/c1-20(2)12-11-16(22-20)13-19(23)14-3-7-17(8-4-14)24-18-9-5-15(21)6-10-18/h3-10,16,22H,11-13H2,1-2H3. The topological polar surface area (TPSA) is 38.3 Å². The Hall–Kier alpha value is -2.20. The Morgan fingerprint density at radius 1 is 1.12 bits per heavy atom. The third-order valence-electron chi connectivity index (χ3n) is 4.37. The molecule has 1 N–H and O–H groups in total. The molecular weight excluding hydrogens is 305 g/mol. The predicted molar refractivity (Wildman–Crippen MR) is 92.1 cm³/mol. The van der Waals surface area contributed by atoms with Crippen LogP contribution in [0.1, 0.15) is 43.5 Å². The van der Waals surface area contributed by atoms with Crippen LogP contribution in [0.2, 0.25) is 0 Å². The van der Waals surface area contributed by atoms with E-state index < -0.39 is 0 Å². The first-order valence-corrected chi connectivity index (χ1v) is 8.26. The summed E-state index contributed by atoms with van der Waals surface area (Å²) in [6.07, 6.45) is 2.64. The second kappa shape index (κ2) is 6.73. The van der Waals surface area contributed by atoms with E-state index in [0.717, 1.165) is 12.8 Å². The summed E-state index contributed by atoms with van der Waals surface area (Å²) in [4.78, 5) is 12.4. The van der Waals surface area contributed by atoms with Crippen LogP contribution in [0.25, 0.3) is 0 Å². The fourth-order valence-corrected chi connectivity index (χ4v) is 3.07. The Kier molecular flexibility index (Phi) is 4.67. The van der Waals surface area contributed by atoms with E-state index in [-0.39, 0.29) is 23.2 Å². The Morgan fingerprint density at radius 2 is 1.71 bits per heavy atom. The van der Waals surface area contributed by atoms with Crippen molar-refractivity contribution in [1.29, 1.82) is 0 Å². The molecule has 0 amide bonds. The summed E-state index contributed by atoms with van der Waals surface area (Å²) in [5, 5.41) is 3.50. The number of rotatable bonds is 5. The molecule has 4 heteroatoms. The highest BCUT2D eigenvalue weighted by molar-refractivity contribution is 5.96. The highest BCUT2D eigenvalue weighted by atomic mass is 19.1. The number of ketones is 1. The van der Waals surface area contributed by atoms with Crippen LogP contribution >= 0.6 is 0 Å². The molecule has 1 aliphatic heterocycles. The summed E-state index contributed by atoms with van der Waals surface area (Å²) < 4.78 is 18.5. The van der Waals surface area contributed by atoms with Gasteiger partial charge in [0.25, 0.3) is 0 Å². The van der Waals surface area contributed by atoms with E-state index in [1.807, 2.05) is 0 Å². The molecular formula is C20H22FNO2. The van der Waals surface area contributed by atoms with Gasteiger partial charge in [-0.3, -0.25) is 4.79 Å². The minimum absolute atomic E-state index is 0.123. The van der Waals surface area contributed by atoms with E-state index in [0.29, 0.717) is 23.5 Å². The summed E-state index contributed by atoms with van der Waals surface area (Å²) in [6.45, 7) is 4.33. The number of Topliss-reactive ketones (excluding diaryl/α,β-unsaturated/α-hetero) is 1. The Labute approximate surface area is 141 Å². The Balaban J connectivity index is 1.59. The van der Waals surface area contributed by atoms with Crippen molar-refractivity contribution in [3.8, 4) is 11.5 Å². The van der Waals surface area contributed by atoms with E-state index in [9.17, 15) is 9.18 Å². The van der Waals surface area contributed by atoms with Gasteiger partial charge in [-0.1, -0.05) is 0 Å². The van der Waals surface area contributed by atoms with Gasteiger partial charge in [0.05, 0.1) is 0 Å². The molecule has 1 aliphatic rings. The molecule has 1 saturated heterocycles. The molecule has 126 valence electrons. The lowest BCUT2D eigenvalue weighted by atomic mass is 10.0. The third kappa shape index (κ3) is 4.20. The average molecular weight is 327 g/mol. The number of benzene rings is 2. The van der Waals surface area contributed by atoms with Crippen LogP contribution in [0.5, 0.6) is 11.5 Å². The monoisotopic (exact) mass is 327 g/mol. The second-order valence-electron chi connectivity index (χ2n) is 6.97. The van der Waals surface area contributed by atoms with Crippen molar-refractivity contribution in [2.24, 2.45) is 0 Å². The minimum Gasteiger partial charge on any atom is -0.457 e. The Bertz CT molecular complexity index is 707. The molecule has 0 aliphatic carbocycles. The van der Waals surface area contributed by atoms with Gasteiger partial charge in [0.1, 0.15) is 17.3 Å². The lowest BCUT2D eigenvalue weighted by molar-refractivity contribution is 0.0970. The fraction of sp³-hybridized carbons (Fsp3) is 0.350. The van der Waals surface area contributed by atoms with Crippen LogP contribution in [0, 0.1) is 5.82 Å². The maximum absolute atomic E-state index is 12.9. The quantitative estimate of drug-likeness (QED) is 0.808. The van der Waals surface area contributed by atoms with Gasteiger partial charge in [0.2, 0.25) is 0 Å². The lowest BCUT2D eigenvalue weighted by Crippen LogP contribution is -2.38. The maximum atomic E-state index is 12.9. The van der Waals surface area contributed by atoms with Gasteiger partial charge in [0, 0.05) is 23.6 Å². The fourth-order valence-electron chi connectivity index (χ4n) is 3.07. The smallest absolute Gasteiger partial charge is 0.164 e. The van der Waals surface area contributed by atoms with Crippen LogP contribution in [0.4, 0.5) is 4.39 Å². The molecule has 2 aromatic rings. The van der Waals surface area contributed by atoms with Crippen molar-refractivity contribution >= 4 is 5.78 Å². The van der Waals surface area contributed by atoms with Crippen LogP contribution in [-0.4, -0.2) is 17.4 Å². The summed E-state index contributed by atoms with van der Waals surface area (Å²) in [6, 6.07) is 13.2. The Morgan fingerprint density at radius 3 is 2.25 bits per heavy atom. The van der Waals surface area contributed by atoms with Crippen molar-refractivity contribution in [2.75, 3.05) is 0 Å². The molecule has 1 unspecified atom stereocenters. The number of nitrogens with one attached hydrogen (secondary N) is 1.